The summed E-state index contributed by atoms with van der Waals surface area (Å²) in [6, 6.07) is 9.81. The predicted octanol–water partition coefficient (Wildman–Crippen LogP) is 3.15. The average Bonchev–Trinajstić information content (AvgIpc) is 2.80. The quantitative estimate of drug-likeness (QED) is 0.863. The Morgan fingerprint density at radius 2 is 2.25 bits per heavy atom. The van der Waals surface area contributed by atoms with Crippen LogP contribution >= 0.6 is 11.3 Å². The minimum absolute atomic E-state index is 0.584. The molecule has 4 heteroatoms. The van der Waals surface area contributed by atoms with Crippen LogP contribution in [-0.2, 0) is 6.61 Å². The maximum Gasteiger partial charge on any atom is 0.215 e. The smallest absolute Gasteiger partial charge is 0.215 e. The Balaban J connectivity index is 1.96. The first kappa shape index (κ1) is 11.0. The van der Waals surface area contributed by atoms with Crippen molar-refractivity contribution in [3.8, 4) is 5.88 Å². The van der Waals surface area contributed by atoms with E-state index in [1.807, 2.05) is 36.6 Å². The van der Waals surface area contributed by atoms with Gasteiger partial charge in [-0.1, -0.05) is 12.1 Å². The molecule has 2 aromatic rings. The number of pyridine rings is 1. The molecular weight excluding hydrogens is 220 g/mol. The molecule has 0 aliphatic carbocycles. The van der Waals surface area contributed by atoms with Crippen LogP contribution in [0.3, 0.4) is 0 Å². The summed E-state index contributed by atoms with van der Waals surface area (Å²) in [6.07, 6.45) is 0. The summed E-state index contributed by atoms with van der Waals surface area (Å²) in [5.74, 6) is 1.51. The van der Waals surface area contributed by atoms with Crippen molar-refractivity contribution < 1.29 is 4.74 Å². The normalized spacial score (nSPS) is 10.1. The van der Waals surface area contributed by atoms with Crippen molar-refractivity contribution in [3.63, 3.8) is 0 Å². The number of nitrogens with one attached hydrogen (secondary N) is 1. The largest absolute Gasteiger partial charge is 0.472 e. The van der Waals surface area contributed by atoms with E-state index in [0.29, 0.717) is 12.5 Å². The average molecular weight is 234 g/mol. The van der Waals surface area contributed by atoms with Gasteiger partial charge >= 0.3 is 0 Å². The van der Waals surface area contributed by atoms with Crippen molar-refractivity contribution in [1.82, 2.24) is 4.98 Å². The van der Waals surface area contributed by atoms with Gasteiger partial charge in [-0.05, 0) is 24.4 Å². The number of hydrogen-bond donors (Lipinski definition) is 1. The highest BCUT2D eigenvalue weighted by molar-refractivity contribution is 7.09. The molecule has 0 aliphatic heterocycles. The maximum absolute atomic E-state index is 5.60. The monoisotopic (exact) mass is 234 g/mol. The Morgan fingerprint density at radius 3 is 3.00 bits per heavy atom. The summed E-state index contributed by atoms with van der Waals surface area (Å²) in [7, 11) is 0. The third-order valence-corrected chi connectivity index (χ3v) is 2.87. The minimum atomic E-state index is 0.584. The highest BCUT2D eigenvalue weighted by Crippen LogP contribution is 2.15. The van der Waals surface area contributed by atoms with Crippen molar-refractivity contribution in [1.29, 1.82) is 0 Å². The number of rotatable bonds is 5. The second-order valence-electron chi connectivity index (χ2n) is 3.26. The van der Waals surface area contributed by atoms with Gasteiger partial charge in [0, 0.05) is 17.5 Å². The van der Waals surface area contributed by atoms with Crippen LogP contribution in [-0.4, -0.2) is 11.5 Å². The fourth-order valence-corrected chi connectivity index (χ4v) is 1.93. The zero-order valence-corrected chi connectivity index (χ0v) is 9.96. The number of thiophene rings is 1. The molecule has 0 unspecified atom stereocenters. The molecule has 0 aliphatic rings. The van der Waals surface area contributed by atoms with Crippen molar-refractivity contribution in [3.05, 3.63) is 40.6 Å². The Bertz CT molecular complexity index is 428. The number of anilines is 1. The number of nitrogens with zero attached hydrogens (tertiary/aromatic N) is 1. The van der Waals surface area contributed by atoms with Crippen molar-refractivity contribution in [2.75, 3.05) is 11.9 Å². The highest BCUT2D eigenvalue weighted by atomic mass is 32.1. The molecule has 0 aromatic carbocycles. The van der Waals surface area contributed by atoms with E-state index < -0.39 is 0 Å². The van der Waals surface area contributed by atoms with Crippen LogP contribution in [0.2, 0.25) is 0 Å². The molecule has 2 rings (SSSR count). The molecule has 0 saturated heterocycles. The first-order chi connectivity index (χ1) is 7.88. The van der Waals surface area contributed by atoms with E-state index in [4.69, 9.17) is 4.74 Å². The summed E-state index contributed by atoms with van der Waals surface area (Å²) in [5.41, 5.74) is 0. The zero-order valence-electron chi connectivity index (χ0n) is 9.14. The second-order valence-corrected chi connectivity index (χ2v) is 4.29. The Labute approximate surface area is 99.1 Å². The van der Waals surface area contributed by atoms with E-state index in [9.17, 15) is 0 Å². The maximum atomic E-state index is 5.60. The number of hydrogen-bond acceptors (Lipinski definition) is 4. The van der Waals surface area contributed by atoms with Crippen LogP contribution in [0.25, 0.3) is 0 Å². The lowest BCUT2D eigenvalue weighted by atomic mass is 10.4. The van der Waals surface area contributed by atoms with Crippen molar-refractivity contribution in [2.45, 2.75) is 13.5 Å². The fourth-order valence-electron chi connectivity index (χ4n) is 1.31. The van der Waals surface area contributed by atoms with Crippen LogP contribution in [0.4, 0.5) is 5.82 Å². The first-order valence-electron chi connectivity index (χ1n) is 5.24. The van der Waals surface area contributed by atoms with E-state index >= 15 is 0 Å². The Morgan fingerprint density at radius 1 is 1.31 bits per heavy atom. The number of aromatic nitrogens is 1. The molecule has 2 aromatic heterocycles. The van der Waals surface area contributed by atoms with E-state index in [-0.39, 0.29) is 0 Å². The van der Waals surface area contributed by atoms with Crippen LogP contribution in [0.15, 0.2) is 35.7 Å². The van der Waals surface area contributed by atoms with Crippen LogP contribution in [0.1, 0.15) is 11.8 Å². The molecule has 0 saturated carbocycles. The topological polar surface area (TPSA) is 34.1 Å². The molecule has 84 valence electrons. The van der Waals surface area contributed by atoms with E-state index in [2.05, 4.69) is 16.4 Å². The van der Waals surface area contributed by atoms with Gasteiger partial charge in [0.2, 0.25) is 5.88 Å². The van der Waals surface area contributed by atoms with Crippen LogP contribution < -0.4 is 10.1 Å². The standard InChI is InChI=1S/C12H14N2OS/c1-2-13-11-6-3-7-12(14-11)15-9-10-5-4-8-16-10/h3-8H,2,9H2,1H3,(H,13,14). The van der Waals surface area contributed by atoms with E-state index in [1.54, 1.807) is 11.3 Å². The molecule has 0 spiro atoms. The molecule has 0 radical (unpaired) electrons. The number of ether oxygens (including phenoxy) is 1. The van der Waals surface area contributed by atoms with Gasteiger partial charge in [-0.2, -0.15) is 4.98 Å². The molecule has 0 amide bonds. The summed E-state index contributed by atoms with van der Waals surface area (Å²) < 4.78 is 5.60. The Kier molecular flexibility index (Phi) is 3.77. The molecule has 16 heavy (non-hydrogen) atoms. The minimum Gasteiger partial charge on any atom is -0.472 e. The lowest BCUT2D eigenvalue weighted by Gasteiger charge is -2.06. The van der Waals surface area contributed by atoms with Crippen molar-refractivity contribution >= 4 is 17.2 Å². The zero-order chi connectivity index (χ0) is 11.2. The van der Waals surface area contributed by atoms with Gasteiger partial charge in [0.15, 0.2) is 0 Å². The highest BCUT2D eigenvalue weighted by Gasteiger charge is 1.99. The van der Waals surface area contributed by atoms with Gasteiger partial charge in [0.25, 0.3) is 0 Å². The molecule has 0 bridgehead atoms. The summed E-state index contributed by atoms with van der Waals surface area (Å²) in [5, 5.41) is 5.20. The first-order valence-corrected chi connectivity index (χ1v) is 6.12. The van der Waals surface area contributed by atoms with E-state index in [1.165, 1.54) is 4.88 Å². The van der Waals surface area contributed by atoms with Gasteiger partial charge in [0.05, 0.1) is 0 Å². The summed E-state index contributed by atoms with van der Waals surface area (Å²) in [6.45, 7) is 3.49. The fraction of sp³-hybridized carbons (Fsp3) is 0.250. The molecule has 2 heterocycles. The van der Waals surface area contributed by atoms with Crippen LogP contribution in [0.5, 0.6) is 5.88 Å². The summed E-state index contributed by atoms with van der Waals surface area (Å²) in [4.78, 5) is 5.54. The Hall–Kier alpha value is -1.55. The SMILES string of the molecule is CCNc1cccc(OCc2cccs2)n1. The van der Waals surface area contributed by atoms with Gasteiger partial charge in [-0.3, -0.25) is 0 Å². The van der Waals surface area contributed by atoms with Crippen LogP contribution in [0, 0.1) is 0 Å². The predicted molar refractivity (Wildman–Crippen MR) is 67.1 cm³/mol. The molecule has 0 atom stereocenters. The molecular formula is C12H14N2OS. The van der Waals surface area contributed by atoms with Gasteiger partial charge in [-0.25, -0.2) is 0 Å². The lowest BCUT2D eigenvalue weighted by Crippen LogP contribution is -2.01. The van der Waals surface area contributed by atoms with E-state index in [0.717, 1.165) is 12.4 Å². The summed E-state index contributed by atoms with van der Waals surface area (Å²) >= 11 is 1.69. The van der Waals surface area contributed by atoms with Gasteiger partial charge < -0.3 is 10.1 Å². The lowest BCUT2D eigenvalue weighted by molar-refractivity contribution is 0.298. The van der Waals surface area contributed by atoms with Gasteiger partial charge in [0.1, 0.15) is 12.4 Å². The molecule has 0 fully saturated rings. The third-order valence-electron chi connectivity index (χ3n) is 2.02. The molecule has 3 nitrogen and oxygen atoms in total. The van der Waals surface area contributed by atoms with Gasteiger partial charge in [-0.15, -0.1) is 11.3 Å². The molecule has 1 N–H and O–H groups in total. The van der Waals surface area contributed by atoms with Crippen molar-refractivity contribution in [2.24, 2.45) is 0 Å². The third kappa shape index (κ3) is 2.97. The second kappa shape index (κ2) is 5.51.